The Morgan fingerprint density at radius 2 is 1.87 bits per heavy atom. The van der Waals surface area contributed by atoms with Crippen LogP contribution in [-0.2, 0) is 14.3 Å². The average molecular weight is 272 g/mol. The quantitative estimate of drug-likeness (QED) is 0.848. The second-order valence-corrected chi connectivity index (χ2v) is 3.86. The fourth-order valence-corrected chi connectivity index (χ4v) is 1.36. The summed E-state index contributed by atoms with van der Waals surface area (Å²) in [4.78, 5) is 21.8. The van der Waals surface area contributed by atoms with Crippen molar-refractivity contribution in [2.45, 2.75) is 13.0 Å². The molecule has 0 heterocycles. The van der Waals surface area contributed by atoms with E-state index in [9.17, 15) is 9.59 Å². The van der Waals surface area contributed by atoms with Gasteiger partial charge >= 0.3 is 5.97 Å². The van der Waals surface area contributed by atoms with Gasteiger partial charge in [-0.3, -0.25) is 9.59 Å². The van der Waals surface area contributed by atoms with E-state index in [-0.39, 0.29) is 0 Å². The summed E-state index contributed by atoms with van der Waals surface area (Å²) < 4.78 is 5.68. The zero-order valence-electron chi connectivity index (χ0n) is 8.07. The molecule has 0 radical (unpaired) electrons. The Balaban J connectivity index is 2.94. The van der Waals surface area contributed by atoms with Gasteiger partial charge in [0.05, 0.1) is 0 Å². The van der Waals surface area contributed by atoms with Crippen molar-refractivity contribution in [3.8, 4) is 0 Å². The van der Waals surface area contributed by atoms with E-state index >= 15 is 0 Å². The van der Waals surface area contributed by atoms with Crippen molar-refractivity contribution in [2.24, 2.45) is 5.73 Å². The molecule has 1 aromatic carbocycles. The average Bonchev–Trinajstić information content (AvgIpc) is 2.15. The molecule has 1 unspecified atom stereocenters. The second-order valence-electron chi connectivity index (χ2n) is 2.94. The van der Waals surface area contributed by atoms with Crippen LogP contribution in [0.5, 0.6) is 0 Å². The Labute approximate surface area is 95.5 Å². The van der Waals surface area contributed by atoms with Crippen molar-refractivity contribution in [2.75, 3.05) is 0 Å². The molecule has 0 aliphatic rings. The van der Waals surface area contributed by atoms with Crippen LogP contribution < -0.4 is 5.73 Å². The number of primary amides is 1. The highest BCUT2D eigenvalue weighted by molar-refractivity contribution is 9.10. The Morgan fingerprint density at radius 3 is 2.27 bits per heavy atom. The first-order valence-corrected chi connectivity index (χ1v) is 5.02. The van der Waals surface area contributed by atoms with Gasteiger partial charge in [0.25, 0.3) is 5.91 Å². The summed E-state index contributed by atoms with van der Waals surface area (Å²) in [5.41, 5.74) is 5.68. The highest BCUT2D eigenvalue weighted by Gasteiger charge is 2.20. The molecule has 5 heteroatoms. The smallest absolute Gasteiger partial charge is 0.303 e. The van der Waals surface area contributed by atoms with Crippen LogP contribution in [0.15, 0.2) is 28.7 Å². The SMILES string of the molecule is CC(=O)OC(C(N)=O)c1ccc(Br)cc1. The summed E-state index contributed by atoms with van der Waals surface area (Å²) in [6.45, 7) is 1.23. The molecule has 0 aromatic heterocycles. The Morgan fingerprint density at radius 1 is 1.33 bits per heavy atom. The number of hydrogen-bond acceptors (Lipinski definition) is 3. The van der Waals surface area contributed by atoms with Crippen LogP contribution in [0.1, 0.15) is 18.6 Å². The number of nitrogens with two attached hydrogens (primary N) is 1. The van der Waals surface area contributed by atoms with Crippen LogP contribution in [0, 0.1) is 0 Å². The second kappa shape index (κ2) is 4.93. The Kier molecular flexibility index (Phi) is 3.85. The first-order valence-electron chi connectivity index (χ1n) is 4.22. The van der Waals surface area contributed by atoms with E-state index in [1.807, 2.05) is 0 Å². The number of halogens is 1. The lowest BCUT2D eigenvalue weighted by molar-refractivity contribution is -0.153. The maximum atomic E-state index is 11.1. The van der Waals surface area contributed by atoms with Crippen LogP contribution in [0.25, 0.3) is 0 Å². The molecular formula is C10H10BrNO3. The summed E-state index contributed by atoms with van der Waals surface area (Å²) in [6, 6.07) is 6.83. The Hall–Kier alpha value is -1.36. The van der Waals surface area contributed by atoms with Crippen LogP contribution in [0.2, 0.25) is 0 Å². The number of amides is 1. The molecule has 1 aromatic rings. The first kappa shape index (κ1) is 11.7. The van der Waals surface area contributed by atoms with E-state index in [2.05, 4.69) is 15.9 Å². The van der Waals surface area contributed by atoms with Gasteiger partial charge in [0.2, 0.25) is 6.10 Å². The third-order valence-electron chi connectivity index (χ3n) is 1.71. The minimum Gasteiger partial charge on any atom is -0.447 e. The molecule has 1 atom stereocenters. The maximum absolute atomic E-state index is 11.1. The van der Waals surface area contributed by atoms with Gasteiger partial charge in [-0.2, -0.15) is 0 Å². The molecule has 2 N–H and O–H groups in total. The fourth-order valence-electron chi connectivity index (χ4n) is 1.09. The predicted octanol–water partition coefficient (Wildman–Crippen LogP) is 1.54. The van der Waals surface area contributed by atoms with Gasteiger partial charge < -0.3 is 10.5 Å². The maximum Gasteiger partial charge on any atom is 0.303 e. The van der Waals surface area contributed by atoms with Gasteiger partial charge in [-0.1, -0.05) is 28.1 Å². The summed E-state index contributed by atoms with van der Waals surface area (Å²) >= 11 is 3.26. The van der Waals surface area contributed by atoms with E-state index in [1.165, 1.54) is 6.92 Å². The fraction of sp³-hybridized carbons (Fsp3) is 0.200. The number of carbonyl (C=O) groups excluding carboxylic acids is 2. The van der Waals surface area contributed by atoms with Gasteiger partial charge in [-0.05, 0) is 12.1 Å². The topological polar surface area (TPSA) is 69.4 Å². The molecular weight excluding hydrogens is 262 g/mol. The molecule has 1 amide bonds. The van der Waals surface area contributed by atoms with E-state index in [0.29, 0.717) is 5.56 Å². The highest BCUT2D eigenvalue weighted by Crippen LogP contribution is 2.19. The molecule has 0 aliphatic heterocycles. The molecule has 0 spiro atoms. The zero-order chi connectivity index (χ0) is 11.4. The minimum atomic E-state index is -1.02. The standard InChI is InChI=1S/C10H10BrNO3/c1-6(13)15-9(10(12)14)7-2-4-8(11)5-3-7/h2-5,9H,1H3,(H2,12,14). The van der Waals surface area contributed by atoms with Gasteiger partial charge in [-0.15, -0.1) is 0 Å². The molecule has 4 nitrogen and oxygen atoms in total. The largest absolute Gasteiger partial charge is 0.447 e. The monoisotopic (exact) mass is 271 g/mol. The lowest BCUT2D eigenvalue weighted by atomic mass is 10.1. The van der Waals surface area contributed by atoms with Crippen molar-refractivity contribution in [1.82, 2.24) is 0 Å². The third-order valence-corrected chi connectivity index (χ3v) is 2.24. The van der Waals surface area contributed by atoms with E-state index in [0.717, 1.165) is 4.47 Å². The molecule has 0 bridgehead atoms. The summed E-state index contributed by atoms with van der Waals surface area (Å²) in [5.74, 6) is -1.23. The van der Waals surface area contributed by atoms with Crippen molar-refractivity contribution in [1.29, 1.82) is 0 Å². The van der Waals surface area contributed by atoms with Gasteiger partial charge in [0, 0.05) is 17.0 Å². The number of hydrogen-bond donors (Lipinski definition) is 1. The van der Waals surface area contributed by atoms with Gasteiger partial charge in [-0.25, -0.2) is 0 Å². The lowest BCUT2D eigenvalue weighted by Gasteiger charge is -2.13. The van der Waals surface area contributed by atoms with E-state index in [4.69, 9.17) is 10.5 Å². The first-order chi connectivity index (χ1) is 7.00. The molecule has 0 aliphatic carbocycles. The predicted molar refractivity (Wildman–Crippen MR) is 57.8 cm³/mol. The molecule has 1 rings (SSSR count). The zero-order valence-corrected chi connectivity index (χ0v) is 9.65. The number of ether oxygens (including phenoxy) is 1. The van der Waals surface area contributed by atoms with Crippen molar-refractivity contribution < 1.29 is 14.3 Å². The number of rotatable bonds is 3. The van der Waals surface area contributed by atoms with Crippen LogP contribution in [0.3, 0.4) is 0 Å². The number of benzene rings is 1. The molecule has 0 fully saturated rings. The van der Waals surface area contributed by atoms with Crippen molar-refractivity contribution in [3.63, 3.8) is 0 Å². The Bertz CT molecular complexity index is 375. The van der Waals surface area contributed by atoms with E-state index in [1.54, 1.807) is 24.3 Å². The number of esters is 1. The molecule has 80 valence electrons. The minimum absolute atomic E-state index is 0.540. The molecule has 15 heavy (non-hydrogen) atoms. The van der Waals surface area contributed by atoms with Crippen LogP contribution >= 0.6 is 15.9 Å². The van der Waals surface area contributed by atoms with E-state index < -0.39 is 18.0 Å². The third kappa shape index (κ3) is 3.36. The normalized spacial score (nSPS) is 11.9. The van der Waals surface area contributed by atoms with Crippen LogP contribution in [-0.4, -0.2) is 11.9 Å². The van der Waals surface area contributed by atoms with Gasteiger partial charge in [0.1, 0.15) is 0 Å². The lowest BCUT2D eigenvalue weighted by Crippen LogP contribution is -2.25. The van der Waals surface area contributed by atoms with Crippen molar-refractivity contribution in [3.05, 3.63) is 34.3 Å². The summed E-state index contributed by atoms with van der Waals surface area (Å²) in [7, 11) is 0. The number of carbonyl (C=O) groups is 2. The van der Waals surface area contributed by atoms with Gasteiger partial charge in [0.15, 0.2) is 0 Å². The highest BCUT2D eigenvalue weighted by atomic mass is 79.9. The van der Waals surface area contributed by atoms with Crippen molar-refractivity contribution >= 4 is 27.8 Å². The summed E-state index contributed by atoms with van der Waals surface area (Å²) in [6.07, 6.45) is -1.02. The van der Waals surface area contributed by atoms with Crippen LogP contribution in [0.4, 0.5) is 0 Å². The molecule has 0 saturated heterocycles. The molecule has 0 saturated carbocycles. The summed E-state index contributed by atoms with van der Waals surface area (Å²) in [5, 5.41) is 0.